The molecule has 0 N–H and O–H groups in total. The first kappa shape index (κ1) is 22.8. The SMILES string of the molecule is COC(=O)c1ccc(CSc2nnc(C[S@](=O)Cc3c(Cl)cccc3Cl)n2C)cc1. The van der Waals surface area contributed by atoms with Gasteiger partial charge in [-0.15, -0.1) is 10.2 Å². The van der Waals surface area contributed by atoms with Crippen LogP contribution in [0.25, 0.3) is 0 Å². The van der Waals surface area contributed by atoms with Gasteiger partial charge >= 0.3 is 5.97 Å². The van der Waals surface area contributed by atoms with E-state index < -0.39 is 10.8 Å². The van der Waals surface area contributed by atoms with Gasteiger partial charge in [0, 0.05) is 39.2 Å². The summed E-state index contributed by atoms with van der Waals surface area (Å²) >= 11 is 13.8. The Balaban J connectivity index is 1.60. The molecule has 30 heavy (non-hydrogen) atoms. The summed E-state index contributed by atoms with van der Waals surface area (Å²) in [6.45, 7) is 0. The predicted octanol–water partition coefficient (Wildman–Crippen LogP) is 4.65. The molecule has 6 nitrogen and oxygen atoms in total. The van der Waals surface area contributed by atoms with E-state index in [1.54, 1.807) is 30.3 Å². The Morgan fingerprint density at radius 1 is 1.10 bits per heavy atom. The smallest absolute Gasteiger partial charge is 0.337 e. The summed E-state index contributed by atoms with van der Waals surface area (Å²) < 4.78 is 19.1. The topological polar surface area (TPSA) is 74.1 Å². The largest absolute Gasteiger partial charge is 0.465 e. The van der Waals surface area contributed by atoms with Gasteiger partial charge in [-0.25, -0.2) is 4.79 Å². The number of thioether (sulfide) groups is 1. The third-order valence-electron chi connectivity index (χ3n) is 4.33. The van der Waals surface area contributed by atoms with E-state index in [1.165, 1.54) is 18.9 Å². The lowest BCUT2D eigenvalue weighted by molar-refractivity contribution is 0.0600. The van der Waals surface area contributed by atoms with Crippen LogP contribution in [-0.4, -0.2) is 32.1 Å². The fraction of sp³-hybridized carbons (Fsp3) is 0.250. The highest BCUT2D eigenvalue weighted by Gasteiger charge is 2.15. The van der Waals surface area contributed by atoms with Crippen molar-refractivity contribution < 1.29 is 13.7 Å². The van der Waals surface area contributed by atoms with E-state index in [0.717, 1.165) is 10.7 Å². The van der Waals surface area contributed by atoms with Crippen molar-refractivity contribution in [1.82, 2.24) is 14.8 Å². The number of hydrogen-bond donors (Lipinski definition) is 0. The van der Waals surface area contributed by atoms with Gasteiger partial charge < -0.3 is 9.30 Å². The minimum Gasteiger partial charge on any atom is -0.465 e. The van der Waals surface area contributed by atoms with Crippen molar-refractivity contribution in [2.45, 2.75) is 22.4 Å². The molecule has 0 amide bonds. The van der Waals surface area contributed by atoms with Gasteiger partial charge in [0.2, 0.25) is 0 Å². The highest BCUT2D eigenvalue weighted by molar-refractivity contribution is 7.98. The summed E-state index contributed by atoms with van der Waals surface area (Å²) in [4.78, 5) is 11.5. The monoisotopic (exact) mass is 483 g/mol. The third kappa shape index (κ3) is 5.63. The molecule has 0 aliphatic carbocycles. The van der Waals surface area contributed by atoms with Gasteiger partial charge in [0.05, 0.1) is 24.2 Å². The van der Waals surface area contributed by atoms with Crippen molar-refractivity contribution in [3.8, 4) is 0 Å². The maximum absolute atomic E-state index is 12.6. The predicted molar refractivity (Wildman–Crippen MR) is 120 cm³/mol. The maximum Gasteiger partial charge on any atom is 0.337 e. The Kier molecular flexibility index (Phi) is 7.93. The molecule has 0 aliphatic rings. The molecule has 3 rings (SSSR count). The number of aromatic nitrogens is 3. The van der Waals surface area contributed by atoms with Gasteiger partial charge in [-0.05, 0) is 29.8 Å². The van der Waals surface area contributed by atoms with Gasteiger partial charge in [-0.1, -0.05) is 53.2 Å². The van der Waals surface area contributed by atoms with Gasteiger partial charge in [0.25, 0.3) is 0 Å². The summed E-state index contributed by atoms with van der Waals surface area (Å²) in [6, 6.07) is 12.4. The van der Waals surface area contributed by atoms with Crippen LogP contribution in [0.5, 0.6) is 0 Å². The Hall–Kier alpha value is -1.87. The molecule has 1 aromatic heterocycles. The standard InChI is InChI=1S/C20H19Cl2N3O3S2/c1-25-18(12-30(27)11-15-16(21)4-3-5-17(15)22)23-24-20(25)29-10-13-6-8-14(9-7-13)19(26)28-2/h3-9H,10-12H2,1-2H3/t30-/m1/s1. The van der Waals surface area contributed by atoms with Gasteiger partial charge in [-0.3, -0.25) is 4.21 Å². The number of ether oxygens (including phenoxy) is 1. The maximum atomic E-state index is 12.6. The molecule has 3 aromatic rings. The molecule has 2 aromatic carbocycles. The Morgan fingerprint density at radius 2 is 1.77 bits per heavy atom. The molecule has 0 fully saturated rings. The van der Waals surface area contributed by atoms with E-state index >= 15 is 0 Å². The summed E-state index contributed by atoms with van der Waals surface area (Å²) in [6.07, 6.45) is 0. The van der Waals surface area contributed by atoms with Crippen LogP contribution < -0.4 is 0 Å². The summed E-state index contributed by atoms with van der Waals surface area (Å²) in [7, 11) is 1.97. The Labute approximate surface area is 191 Å². The van der Waals surface area contributed by atoms with E-state index in [2.05, 4.69) is 10.2 Å². The van der Waals surface area contributed by atoms with Crippen molar-refractivity contribution in [3.05, 3.63) is 75.0 Å². The first-order chi connectivity index (χ1) is 14.4. The highest BCUT2D eigenvalue weighted by atomic mass is 35.5. The van der Waals surface area contributed by atoms with Crippen molar-refractivity contribution in [1.29, 1.82) is 0 Å². The second-order valence-corrected chi connectivity index (χ2v) is 9.58. The molecule has 0 unspecified atom stereocenters. The molecule has 1 heterocycles. The molecule has 0 spiro atoms. The van der Waals surface area contributed by atoms with Gasteiger partial charge in [0.15, 0.2) is 5.16 Å². The first-order valence-corrected chi connectivity index (χ1v) is 12.1. The van der Waals surface area contributed by atoms with Crippen molar-refractivity contribution in [2.24, 2.45) is 7.05 Å². The van der Waals surface area contributed by atoms with Crippen molar-refractivity contribution in [2.75, 3.05) is 7.11 Å². The fourth-order valence-electron chi connectivity index (χ4n) is 2.63. The lowest BCUT2D eigenvalue weighted by Crippen LogP contribution is -2.06. The van der Waals surface area contributed by atoms with Crippen LogP contribution in [0.15, 0.2) is 47.6 Å². The Morgan fingerprint density at radius 3 is 2.40 bits per heavy atom. The number of carbonyl (C=O) groups is 1. The third-order valence-corrected chi connectivity index (χ3v) is 7.32. The number of methoxy groups -OCH3 is 1. The van der Waals surface area contributed by atoms with Crippen LogP contribution in [0.4, 0.5) is 0 Å². The average Bonchev–Trinajstić information content (AvgIpc) is 3.08. The number of benzene rings is 2. The van der Waals surface area contributed by atoms with E-state index in [4.69, 9.17) is 27.9 Å². The number of esters is 1. The van der Waals surface area contributed by atoms with Crippen molar-refractivity contribution >= 4 is 51.7 Å². The fourth-order valence-corrected chi connectivity index (χ4v) is 5.48. The normalized spacial score (nSPS) is 12.0. The van der Waals surface area contributed by atoms with Crippen LogP contribution in [0.1, 0.15) is 27.3 Å². The number of carbonyl (C=O) groups excluding carboxylic acids is 1. The van der Waals surface area contributed by atoms with Gasteiger partial charge in [0.1, 0.15) is 5.82 Å². The zero-order chi connectivity index (χ0) is 21.7. The summed E-state index contributed by atoms with van der Waals surface area (Å²) in [5.74, 6) is 1.42. The van der Waals surface area contributed by atoms with E-state index in [-0.39, 0.29) is 17.5 Å². The van der Waals surface area contributed by atoms with Crippen LogP contribution in [-0.2, 0) is 39.8 Å². The molecule has 0 aliphatic heterocycles. The first-order valence-electron chi connectivity index (χ1n) is 8.85. The highest BCUT2D eigenvalue weighted by Crippen LogP contribution is 2.27. The van der Waals surface area contributed by atoms with E-state index in [9.17, 15) is 9.00 Å². The molecule has 0 saturated carbocycles. The van der Waals surface area contributed by atoms with Crippen LogP contribution in [0.2, 0.25) is 10.0 Å². The molecule has 0 bridgehead atoms. The minimum absolute atomic E-state index is 0.249. The number of halogens is 2. The molecule has 10 heteroatoms. The zero-order valence-corrected chi connectivity index (χ0v) is 19.4. The van der Waals surface area contributed by atoms with E-state index in [0.29, 0.717) is 32.7 Å². The number of nitrogens with zero attached hydrogens (tertiary/aromatic N) is 3. The van der Waals surface area contributed by atoms with Crippen LogP contribution in [0, 0.1) is 0 Å². The lowest BCUT2D eigenvalue weighted by atomic mass is 10.1. The molecule has 158 valence electrons. The molecule has 1 atom stereocenters. The minimum atomic E-state index is -1.23. The summed E-state index contributed by atoms with van der Waals surface area (Å²) in [5.41, 5.74) is 2.22. The number of hydrogen-bond acceptors (Lipinski definition) is 6. The van der Waals surface area contributed by atoms with Crippen LogP contribution >= 0.6 is 35.0 Å². The second kappa shape index (κ2) is 10.4. The number of rotatable bonds is 8. The zero-order valence-electron chi connectivity index (χ0n) is 16.3. The Bertz CT molecular complexity index is 1050. The average molecular weight is 484 g/mol. The van der Waals surface area contributed by atoms with Crippen molar-refractivity contribution in [3.63, 3.8) is 0 Å². The lowest BCUT2D eigenvalue weighted by Gasteiger charge is -2.07. The van der Waals surface area contributed by atoms with Crippen LogP contribution in [0.3, 0.4) is 0 Å². The molecule has 0 radical (unpaired) electrons. The molecule has 0 saturated heterocycles. The quantitative estimate of drug-likeness (QED) is 0.342. The van der Waals surface area contributed by atoms with Gasteiger partial charge in [-0.2, -0.15) is 0 Å². The van der Waals surface area contributed by atoms with E-state index in [1.807, 2.05) is 23.7 Å². The molecular weight excluding hydrogens is 465 g/mol. The second-order valence-electron chi connectivity index (χ2n) is 6.36. The summed E-state index contributed by atoms with van der Waals surface area (Å²) in [5, 5.41) is 10.1. The molecular formula is C20H19Cl2N3O3S2.